The van der Waals surface area contributed by atoms with Gasteiger partial charge in [0.15, 0.2) is 6.61 Å². The molecule has 1 aliphatic rings. The Hall–Kier alpha value is -3.08. The molecule has 0 saturated heterocycles. The van der Waals surface area contributed by atoms with Crippen molar-refractivity contribution < 1.29 is 13.9 Å². The van der Waals surface area contributed by atoms with Crippen molar-refractivity contribution >= 4 is 16.9 Å². The number of carbonyl (C=O) groups excluding carboxylic acids is 1. The summed E-state index contributed by atoms with van der Waals surface area (Å²) < 4.78 is 10.9. The molecule has 0 unspecified atom stereocenters. The van der Waals surface area contributed by atoms with E-state index in [2.05, 4.69) is 17.4 Å². The van der Waals surface area contributed by atoms with Crippen LogP contribution in [0.2, 0.25) is 0 Å². The first-order chi connectivity index (χ1) is 13.6. The Bertz CT molecular complexity index is 1070. The molecule has 4 rings (SSSR count). The van der Waals surface area contributed by atoms with Crippen LogP contribution in [0.15, 0.2) is 57.7 Å². The summed E-state index contributed by atoms with van der Waals surface area (Å²) in [6, 6.07) is 15.1. The zero-order valence-corrected chi connectivity index (χ0v) is 15.9. The van der Waals surface area contributed by atoms with Crippen molar-refractivity contribution in [3.8, 4) is 5.75 Å². The Morgan fingerprint density at radius 1 is 1.21 bits per heavy atom. The number of benzene rings is 2. The molecule has 0 fully saturated rings. The van der Waals surface area contributed by atoms with Crippen LogP contribution in [-0.2, 0) is 17.6 Å². The van der Waals surface area contributed by atoms with E-state index in [1.54, 1.807) is 12.1 Å². The van der Waals surface area contributed by atoms with Crippen molar-refractivity contribution in [2.45, 2.75) is 38.6 Å². The molecule has 144 valence electrons. The Balaban J connectivity index is 1.43. The summed E-state index contributed by atoms with van der Waals surface area (Å²) in [5.74, 6) is 0.341. The summed E-state index contributed by atoms with van der Waals surface area (Å²) in [6.45, 7) is 1.91. The number of hydrogen-bond donors (Lipinski definition) is 1. The number of fused-ring (bicyclic) bond motifs is 2. The van der Waals surface area contributed by atoms with Crippen LogP contribution in [0, 0.1) is 0 Å². The van der Waals surface area contributed by atoms with Gasteiger partial charge in [0.2, 0.25) is 0 Å². The maximum atomic E-state index is 12.4. The van der Waals surface area contributed by atoms with E-state index in [9.17, 15) is 9.59 Å². The average Bonchev–Trinajstić information content (AvgIpc) is 2.71. The van der Waals surface area contributed by atoms with E-state index in [1.165, 1.54) is 17.2 Å². The molecule has 1 N–H and O–H groups in total. The Labute approximate surface area is 163 Å². The third kappa shape index (κ3) is 3.79. The summed E-state index contributed by atoms with van der Waals surface area (Å²) in [5.41, 5.74) is 3.53. The number of amides is 1. The Morgan fingerprint density at radius 3 is 2.93 bits per heavy atom. The quantitative estimate of drug-likeness (QED) is 0.684. The van der Waals surface area contributed by atoms with Gasteiger partial charge in [-0.1, -0.05) is 31.2 Å². The molecule has 3 aromatic rings. The summed E-state index contributed by atoms with van der Waals surface area (Å²) in [4.78, 5) is 24.1. The molecule has 2 aromatic carbocycles. The molecule has 1 aromatic heterocycles. The zero-order chi connectivity index (χ0) is 19.5. The lowest BCUT2D eigenvalue weighted by atomic mass is 9.88. The van der Waals surface area contributed by atoms with E-state index < -0.39 is 0 Å². The SMILES string of the molecule is CCc1cc(=O)oc2cc(OCC(=O)N[C@@H]3CCCc4ccccc43)ccc12. The van der Waals surface area contributed by atoms with Crippen LogP contribution in [-0.4, -0.2) is 12.5 Å². The summed E-state index contributed by atoms with van der Waals surface area (Å²) in [7, 11) is 0. The second-order valence-corrected chi connectivity index (χ2v) is 7.10. The minimum atomic E-state index is -0.379. The molecule has 0 aliphatic heterocycles. The number of rotatable bonds is 5. The zero-order valence-electron chi connectivity index (χ0n) is 15.9. The third-order valence-corrected chi connectivity index (χ3v) is 5.26. The van der Waals surface area contributed by atoms with Gasteiger partial charge >= 0.3 is 5.63 Å². The van der Waals surface area contributed by atoms with Gasteiger partial charge in [0, 0.05) is 17.5 Å². The lowest BCUT2D eigenvalue weighted by Crippen LogP contribution is -2.34. The highest BCUT2D eigenvalue weighted by Crippen LogP contribution is 2.29. The average molecular weight is 377 g/mol. The first-order valence-electron chi connectivity index (χ1n) is 9.71. The fourth-order valence-corrected chi connectivity index (χ4v) is 3.88. The molecule has 0 radical (unpaired) electrons. The van der Waals surface area contributed by atoms with E-state index in [0.29, 0.717) is 11.3 Å². The largest absolute Gasteiger partial charge is 0.484 e. The summed E-state index contributed by atoms with van der Waals surface area (Å²) >= 11 is 0. The van der Waals surface area contributed by atoms with Crippen molar-refractivity contribution in [2.24, 2.45) is 0 Å². The maximum absolute atomic E-state index is 12.4. The molecule has 1 aliphatic carbocycles. The van der Waals surface area contributed by atoms with Crippen molar-refractivity contribution in [1.82, 2.24) is 5.32 Å². The third-order valence-electron chi connectivity index (χ3n) is 5.26. The molecule has 1 atom stereocenters. The van der Waals surface area contributed by atoms with Crippen molar-refractivity contribution in [1.29, 1.82) is 0 Å². The summed E-state index contributed by atoms with van der Waals surface area (Å²) in [5, 5.41) is 3.96. The van der Waals surface area contributed by atoms with E-state index in [1.807, 2.05) is 25.1 Å². The van der Waals surface area contributed by atoms with Gasteiger partial charge in [-0.3, -0.25) is 4.79 Å². The number of ether oxygens (including phenoxy) is 1. The van der Waals surface area contributed by atoms with E-state index in [-0.39, 0.29) is 24.2 Å². The van der Waals surface area contributed by atoms with Crippen LogP contribution in [0.25, 0.3) is 11.0 Å². The molecular formula is C23H23NO4. The molecule has 0 spiro atoms. The fraction of sp³-hybridized carbons (Fsp3) is 0.304. The van der Waals surface area contributed by atoms with Crippen LogP contribution in [0.5, 0.6) is 5.75 Å². The smallest absolute Gasteiger partial charge is 0.336 e. The second kappa shape index (κ2) is 7.89. The number of hydrogen-bond acceptors (Lipinski definition) is 4. The topological polar surface area (TPSA) is 68.5 Å². The fourth-order valence-electron chi connectivity index (χ4n) is 3.88. The Morgan fingerprint density at radius 2 is 2.07 bits per heavy atom. The van der Waals surface area contributed by atoms with Gasteiger partial charge in [-0.05, 0) is 54.5 Å². The minimum Gasteiger partial charge on any atom is -0.484 e. The first-order valence-corrected chi connectivity index (χ1v) is 9.71. The highest BCUT2D eigenvalue weighted by molar-refractivity contribution is 5.82. The number of nitrogens with one attached hydrogen (secondary N) is 1. The van der Waals surface area contributed by atoms with Crippen molar-refractivity contribution in [3.63, 3.8) is 0 Å². The van der Waals surface area contributed by atoms with E-state index in [0.717, 1.165) is 36.6 Å². The molecule has 0 saturated carbocycles. The molecule has 28 heavy (non-hydrogen) atoms. The van der Waals surface area contributed by atoms with E-state index in [4.69, 9.17) is 9.15 Å². The van der Waals surface area contributed by atoms with Crippen LogP contribution >= 0.6 is 0 Å². The maximum Gasteiger partial charge on any atom is 0.336 e. The van der Waals surface area contributed by atoms with Gasteiger partial charge in [0.1, 0.15) is 11.3 Å². The number of carbonyl (C=O) groups is 1. The highest BCUT2D eigenvalue weighted by atomic mass is 16.5. The van der Waals surface area contributed by atoms with Crippen molar-refractivity contribution in [2.75, 3.05) is 6.61 Å². The summed E-state index contributed by atoms with van der Waals surface area (Å²) in [6.07, 6.45) is 3.80. The van der Waals surface area contributed by atoms with Gasteiger partial charge in [-0.2, -0.15) is 0 Å². The second-order valence-electron chi connectivity index (χ2n) is 7.10. The normalized spacial score (nSPS) is 15.8. The molecular weight excluding hydrogens is 354 g/mol. The van der Waals surface area contributed by atoms with Crippen molar-refractivity contribution in [3.05, 3.63) is 75.6 Å². The van der Waals surface area contributed by atoms with Crippen LogP contribution in [0.4, 0.5) is 0 Å². The lowest BCUT2D eigenvalue weighted by Gasteiger charge is -2.26. The first kappa shape index (κ1) is 18.3. The van der Waals surface area contributed by atoms with Gasteiger partial charge in [0.05, 0.1) is 6.04 Å². The highest BCUT2D eigenvalue weighted by Gasteiger charge is 2.21. The Kier molecular flexibility index (Phi) is 5.15. The molecule has 1 amide bonds. The van der Waals surface area contributed by atoms with Crippen LogP contribution in [0.3, 0.4) is 0 Å². The lowest BCUT2D eigenvalue weighted by molar-refractivity contribution is -0.123. The predicted octanol–water partition coefficient (Wildman–Crippen LogP) is 3.93. The van der Waals surface area contributed by atoms with Gasteiger partial charge < -0.3 is 14.5 Å². The molecule has 5 heteroatoms. The van der Waals surface area contributed by atoms with Gasteiger partial charge in [-0.15, -0.1) is 0 Å². The molecule has 0 bridgehead atoms. The number of aryl methyl sites for hydroxylation is 2. The monoisotopic (exact) mass is 377 g/mol. The predicted molar refractivity (Wildman–Crippen MR) is 108 cm³/mol. The van der Waals surface area contributed by atoms with Crippen LogP contribution in [0.1, 0.15) is 42.5 Å². The van der Waals surface area contributed by atoms with Crippen LogP contribution < -0.4 is 15.7 Å². The van der Waals surface area contributed by atoms with Gasteiger partial charge in [0.25, 0.3) is 5.91 Å². The minimum absolute atomic E-state index is 0.0304. The molecule has 1 heterocycles. The van der Waals surface area contributed by atoms with E-state index >= 15 is 0 Å². The standard InChI is InChI=1S/C23H23NO4/c1-2-15-12-23(26)28-21-13-17(10-11-19(15)21)27-14-22(25)24-20-9-5-7-16-6-3-4-8-18(16)20/h3-4,6,8,10-13,20H,2,5,7,9,14H2,1H3,(H,24,25)/t20-/m1/s1. The molecule has 5 nitrogen and oxygen atoms in total. The van der Waals surface area contributed by atoms with Gasteiger partial charge in [-0.25, -0.2) is 4.79 Å².